The number of aromatic nitrogens is 1. The minimum absolute atomic E-state index is 0.277. The zero-order chi connectivity index (χ0) is 13.2. The highest BCUT2D eigenvalue weighted by atomic mass is 16.1. The predicted octanol–water partition coefficient (Wildman–Crippen LogP) is 2.86. The van der Waals surface area contributed by atoms with E-state index in [9.17, 15) is 4.79 Å². The van der Waals surface area contributed by atoms with Crippen LogP contribution in [0.1, 0.15) is 49.0 Å². The second kappa shape index (κ2) is 5.49. The molecule has 1 aliphatic heterocycles. The summed E-state index contributed by atoms with van der Waals surface area (Å²) in [6, 6.07) is 4.56. The Balaban J connectivity index is 1.68. The summed E-state index contributed by atoms with van der Waals surface area (Å²) in [7, 11) is 1.95. The molecule has 3 rings (SSSR count). The lowest BCUT2D eigenvalue weighted by Gasteiger charge is -2.43. The molecule has 104 valence electrons. The summed E-state index contributed by atoms with van der Waals surface area (Å²) in [6.45, 7) is 1.72. The molecule has 0 N–H and O–H groups in total. The summed E-state index contributed by atoms with van der Waals surface area (Å²) in [5.41, 5.74) is 0.845. The first-order valence-corrected chi connectivity index (χ1v) is 7.64. The fourth-order valence-electron chi connectivity index (χ4n) is 3.94. The number of aryl methyl sites for hydroxylation is 1. The van der Waals surface area contributed by atoms with Gasteiger partial charge in [-0.15, -0.1) is 0 Å². The van der Waals surface area contributed by atoms with Crippen LogP contribution < -0.4 is 0 Å². The predicted molar refractivity (Wildman–Crippen MR) is 76.3 cm³/mol. The lowest BCUT2D eigenvalue weighted by atomic mass is 9.78. The summed E-state index contributed by atoms with van der Waals surface area (Å²) in [5, 5.41) is 0. The molecule has 0 radical (unpaired) electrons. The van der Waals surface area contributed by atoms with Gasteiger partial charge in [-0.2, -0.15) is 0 Å². The van der Waals surface area contributed by atoms with E-state index in [2.05, 4.69) is 4.90 Å². The SMILES string of the molecule is Cn1cccc1C(=O)CN1CCC[C@H]2CCCC[C@H]21. The fourth-order valence-corrected chi connectivity index (χ4v) is 3.94. The maximum Gasteiger partial charge on any atom is 0.193 e. The number of hydrogen-bond donors (Lipinski definition) is 0. The van der Waals surface area contributed by atoms with Crippen molar-refractivity contribution in [3.63, 3.8) is 0 Å². The molecule has 3 heteroatoms. The molecular weight excluding hydrogens is 236 g/mol. The first-order chi connectivity index (χ1) is 9.25. The molecule has 0 aromatic carbocycles. The summed E-state index contributed by atoms with van der Waals surface area (Å²) in [4.78, 5) is 14.9. The third kappa shape index (κ3) is 2.62. The number of piperidine rings is 1. The molecule has 1 aromatic heterocycles. The monoisotopic (exact) mass is 260 g/mol. The van der Waals surface area contributed by atoms with E-state index in [1.54, 1.807) is 0 Å². The first kappa shape index (κ1) is 12.9. The van der Waals surface area contributed by atoms with Crippen LogP contribution in [-0.2, 0) is 7.05 Å². The third-order valence-electron chi connectivity index (χ3n) is 4.93. The topological polar surface area (TPSA) is 25.2 Å². The van der Waals surface area contributed by atoms with Gasteiger partial charge in [-0.1, -0.05) is 12.8 Å². The number of Topliss-reactive ketones (excluding diaryl/α,β-unsaturated/α-hetero) is 1. The molecule has 2 heterocycles. The van der Waals surface area contributed by atoms with Crippen LogP contribution in [0.3, 0.4) is 0 Å². The quantitative estimate of drug-likeness (QED) is 0.781. The second-order valence-corrected chi connectivity index (χ2v) is 6.15. The Labute approximate surface area is 115 Å². The summed E-state index contributed by atoms with van der Waals surface area (Å²) >= 11 is 0. The van der Waals surface area contributed by atoms with E-state index in [0.717, 1.165) is 18.2 Å². The summed E-state index contributed by atoms with van der Waals surface area (Å²) < 4.78 is 1.94. The van der Waals surface area contributed by atoms with Gasteiger partial charge in [0, 0.05) is 19.3 Å². The molecule has 0 spiro atoms. The van der Waals surface area contributed by atoms with Crippen LogP contribution in [0, 0.1) is 5.92 Å². The molecule has 19 heavy (non-hydrogen) atoms. The van der Waals surface area contributed by atoms with Gasteiger partial charge in [0.05, 0.1) is 12.2 Å². The maximum atomic E-state index is 12.4. The molecular formula is C16H24N2O. The van der Waals surface area contributed by atoms with Crippen LogP contribution >= 0.6 is 0 Å². The van der Waals surface area contributed by atoms with Crippen molar-refractivity contribution >= 4 is 5.78 Å². The van der Waals surface area contributed by atoms with Gasteiger partial charge in [0.15, 0.2) is 5.78 Å². The Kier molecular flexibility index (Phi) is 3.74. The van der Waals surface area contributed by atoms with E-state index in [4.69, 9.17) is 0 Å². The molecule has 2 fully saturated rings. The second-order valence-electron chi connectivity index (χ2n) is 6.15. The van der Waals surface area contributed by atoms with Crippen molar-refractivity contribution in [1.82, 2.24) is 9.47 Å². The van der Waals surface area contributed by atoms with Crippen LogP contribution in [0.15, 0.2) is 18.3 Å². The molecule has 3 nitrogen and oxygen atoms in total. The number of rotatable bonds is 3. The third-order valence-corrected chi connectivity index (χ3v) is 4.93. The van der Waals surface area contributed by atoms with Crippen LogP contribution in [0.5, 0.6) is 0 Å². The van der Waals surface area contributed by atoms with E-state index in [-0.39, 0.29) is 5.78 Å². The molecule has 0 unspecified atom stereocenters. The Morgan fingerprint density at radius 2 is 2.05 bits per heavy atom. The molecule has 2 atom stereocenters. The van der Waals surface area contributed by atoms with E-state index < -0.39 is 0 Å². The average molecular weight is 260 g/mol. The van der Waals surface area contributed by atoms with Gasteiger partial charge in [0.2, 0.25) is 0 Å². The van der Waals surface area contributed by atoms with E-state index in [1.165, 1.54) is 38.5 Å². The smallest absolute Gasteiger partial charge is 0.193 e. The molecule has 1 saturated heterocycles. The normalized spacial score (nSPS) is 28.1. The van der Waals surface area contributed by atoms with E-state index in [1.807, 2.05) is 29.9 Å². The van der Waals surface area contributed by atoms with Crippen LogP contribution in [0.2, 0.25) is 0 Å². The number of ketones is 1. The van der Waals surface area contributed by atoms with Crippen molar-refractivity contribution in [2.45, 2.75) is 44.6 Å². The Morgan fingerprint density at radius 3 is 2.84 bits per heavy atom. The van der Waals surface area contributed by atoms with Crippen molar-refractivity contribution in [3.05, 3.63) is 24.0 Å². The summed E-state index contributed by atoms with van der Waals surface area (Å²) in [5.74, 6) is 1.13. The molecule has 2 aliphatic rings. The van der Waals surface area contributed by atoms with Crippen molar-refractivity contribution in [2.75, 3.05) is 13.1 Å². The van der Waals surface area contributed by atoms with Gasteiger partial charge >= 0.3 is 0 Å². The number of nitrogens with zero attached hydrogens (tertiary/aromatic N) is 2. The highest BCUT2D eigenvalue weighted by Crippen LogP contribution is 2.35. The van der Waals surface area contributed by atoms with Crippen molar-refractivity contribution < 1.29 is 4.79 Å². The number of carbonyl (C=O) groups excluding carboxylic acids is 1. The van der Waals surface area contributed by atoms with Crippen LogP contribution in [-0.4, -0.2) is 34.4 Å². The lowest BCUT2D eigenvalue weighted by molar-refractivity contribution is 0.0535. The average Bonchev–Trinajstić information content (AvgIpc) is 2.85. The van der Waals surface area contributed by atoms with Gasteiger partial charge in [-0.25, -0.2) is 0 Å². The van der Waals surface area contributed by atoms with Crippen LogP contribution in [0.25, 0.3) is 0 Å². The lowest BCUT2D eigenvalue weighted by Crippen LogP contribution is -2.48. The zero-order valence-corrected chi connectivity index (χ0v) is 11.8. The Hall–Kier alpha value is -1.09. The molecule has 1 saturated carbocycles. The number of hydrogen-bond acceptors (Lipinski definition) is 2. The Morgan fingerprint density at radius 1 is 1.26 bits per heavy atom. The molecule has 1 aromatic rings. The Bertz CT molecular complexity index is 449. The highest BCUT2D eigenvalue weighted by molar-refractivity contribution is 5.96. The minimum Gasteiger partial charge on any atom is -0.348 e. The van der Waals surface area contributed by atoms with Gasteiger partial charge in [0.25, 0.3) is 0 Å². The first-order valence-electron chi connectivity index (χ1n) is 7.64. The summed E-state index contributed by atoms with van der Waals surface area (Å²) in [6.07, 6.45) is 10.00. The highest BCUT2D eigenvalue weighted by Gasteiger charge is 2.34. The molecule has 0 amide bonds. The van der Waals surface area contributed by atoms with Crippen LogP contribution in [0.4, 0.5) is 0 Å². The fraction of sp³-hybridized carbons (Fsp3) is 0.688. The van der Waals surface area contributed by atoms with Crippen molar-refractivity contribution in [2.24, 2.45) is 13.0 Å². The van der Waals surface area contributed by atoms with Gasteiger partial charge in [-0.05, 0) is 50.3 Å². The van der Waals surface area contributed by atoms with Gasteiger partial charge in [-0.3, -0.25) is 9.69 Å². The zero-order valence-electron chi connectivity index (χ0n) is 11.8. The number of likely N-dealkylation sites (tertiary alicyclic amines) is 1. The van der Waals surface area contributed by atoms with Gasteiger partial charge in [0.1, 0.15) is 0 Å². The van der Waals surface area contributed by atoms with E-state index >= 15 is 0 Å². The van der Waals surface area contributed by atoms with E-state index in [0.29, 0.717) is 12.6 Å². The van der Waals surface area contributed by atoms with Gasteiger partial charge < -0.3 is 4.57 Å². The number of carbonyl (C=O) groups is 1. The molecule has 1 aliphatic carbocycles. The maximum absolute atomic E-state index is 12.4. The largest absolute Gasteiger partial charge is 0.348 e. The van der Waals surface area contributed by atoms with Crippen molar-refractivity contribution in [1.29, 1.82) is 0 Å². The van der Waals surface area contributed by atoms with Crippen molar-refractivity contribution in [3.8, 4) is 0 Å². The molecule has 0 bridgehead atoms. The number of fused-ring (bicyclic) bond motifs is 1. The minimum atomic E-state index is 0.277. The standard InChI is InChI=1S/C16H24N2O/c1-17-10-5-9-15(17)16(19)12-18-11-4-7-13-6-2-3-8-14(13)18/h5,9-10,13-14H,2-4,6-8,11-12H2,1H3/t13-,14-/m1/s1.